The van der Waals surface area contributed by atoms with E-state index in [4.69, 9.17) is 10.2 Å². The Bertz CT molecular complexity index is 411. The van der Waals surface area contributed by atoms with Gasteiger partial charge in [0.05, 0.1) is 0 Å². The summed E-state index contributed by atoms with van der Waals surface area (Å²) in [7, 11) is 0. The van der Waals surface area contributed by atoms with Crippen LogP contribution in [0.1, 0.15) is 10.5 Å². The number of hydrogen-bond donors (Lipinski definition) is 3. The molecule has 3 N–H and O–H groups in total. The first-order valence-electron chi connectivity index (χ1n) is 3.77. The van der Waals surface area contributed by atoms with E-state index in [2.05, 4.69) is 5.10 Å². The van der Waals surface area contributed by atoms with E-state index in [9.17, 15) is 14.4 Å². The quantitative estimate of drug-likeness (QED) is 0.599. The Hall–Kier alpha value is -2.38. The van der Waals surface area contributed by atoms with Crippen molar-refractivity contribution < 1.29 is 24.6 Å². The number of carbonyl (C=O) groups excluding carboxylic acids is 1. The molecular formula is C7H7N3O5. The second-order valence-corrected chi connectivity index (χ2v) is 2.55. The Labute approximate surface area is 83.1 Å². The molecule has 0 spiro atoms. The molecule has 0 aromatic carbocycles. The summed E-state index contributed by atoms with van der Waals surface area (Å²) in [6.45, 7) is -0.505. The molecule has 1 heterocycles. The number of carboxylic acids is 1. The van der Waals surface area contributed by atoms with Crippen LogP contribution < -0.4 is 5.32 Å². The summed E-state index contributed by atoms with van der Waals surface area (Å²) in [6.07, 6.45) is -0.949. The van der Waals surface area contributed by atoms with E-state index in [1.165, 1.54) is 0 Å². The lowest BCUT2D eigenvalue weighted by molar-refractivity contribution is -0.137. The zero-order chi connectivity index (χ0) is 11.4. The number of aldehydes is 1. The Morgan fingerprint density at radius 1 is 1.53 bits per heavy atom. The van der Waals surface area contributed by atoms with Crippen LogP contribution >= 0.6 is 0 Å². The van der Waals surface area contributed by atoms with E-state index >= 15 is 0 Å². The summed E-state index contributed by atoms with van der Waals surface area (Å²) in [5.74, 6) is -1.27. The first-order valence-corrected chi connectivity index (χ1v) is 3.77. The molecule has 0 aliphatic rings. The van der Waals surface area contributed by atoms with Crippen LogP contribution in [0.4, 0.5) is 10.6 Å². The van der Waals surface area contributed by atoms with Gasteiger partial charge in [-0.05, 0) is 0 Å². The molecule has 0 atom stereocenters. The first-order chi connectivity index (χ1) is 7.02. The first kappa shape index (κ1) is 10.7. The van der Waals surface area contributed by atoms with Crippen LogP contribution in [0.25, 0.3) is 0 Å². The molecule has 1 rings (SSSR count). The summed E-state index contributed by atoms with van der Waals surface area (Å²) in [5, 5.41) is 22.3. The Balaban J connectivity index is 2.94. The highest BCUT2D eigenvalue weighted by molar-refractivity contribution is 5.83. The third-order valence-electron chi connectivity index (χ3n) is 1.45. The fraction of sp³-hybridized carbons (Fsp3) is 0.143. The second kappa shape index (κ2) is 4.22. The highest BCUT2D eigenvalue weighted by Gasteiger charge is 2.11. The molecule has 0 aliphatic carbocycles. The molecular weight excluding hydrogens is 206 g/mol. The predicted molar refractivity (Wildman–Crippen MR) is 46.9 cm³/mol. The average molecular weight is 213 g/mol. The monoisotopic (exact) mass is 213 g/mol. The van der Waals surface area contributed by atoms with Crippen molar-refractivity contribution in [2.45, 2.75) is 6.54 Å². The number of anilines is 1. The minimum Gasteiger partial charge on any atom is -0.480 e. The largest absolute Gasteiger partial charge is 0.480 e. The van der Waals surface area contributed by atoms with Gasteiger partial charge in [0, 0.05) is 6.07 Å². The van der Waals surface area contributed by atoms with Crippen molar-refractivity contribution in [2.24, 2.45) is 0 Å². The van der Waals surface area contributed by atoms with Crippen molar-refractivity contribution in [3.05, 3.63) is 11.8 Å². The van der Waals surface area contributed by atoms with Gasteiger partial charge in [-0.25, -0.2) is 9.48 Å². The van der Waals surface area contributed by atoms with Gasteiger partial charge in [-0.1, -0.05) is 0 Å². The van der Waals surface area contributed by atoms with Crippen LogP contribution in [0.3, 0.4) is 0 Å². The van der Waals surface area contributed by atoms with Crippen molar-refractivity contribution in [3.63, 3.8) is 0 Å². The predicted octanol–water partition coefficient (Wildman–Crippen LogP) is -0.130. The molecule has 1 amide bonds. The SMILES string of the molecule is O=Cc1cc(NC(=O)O)nn1CC(=O)O. The van der Waals surface area contributed by atoms with Crippen LogP contribution in [-0.2, 0) is 11.3 Å². The van der Waals surface area contributed by atoms with Crippen LogP contribution in [0, 0.1) is 0 Å². The lowest BCUT2D eigenvalue weighted by Crippen LogP contribution is -2.13. The summed E-state index contributed by atoms with van der Waals surface area (Å²) in [5.41, 5.74) is -0.0128. The van der Waals surface area contributed by atoms with Crippen molar-refractivity contribution in [3.8, 4) is 0 Å². The topological polar surface area (TPSA) is 122 Å². The number of carbonyl (C=O) groups is 3. The molecule has 0 aliphatic heterocycles. The number of aliphatic carboxylic acids is 1. The van der Waals surface area contributed by atoms with Crippen molar-refractivity contribution in [1.82, 2.24) is 9.78 Å². The number of rotatable bonds is 4. The van der Waals surface area contributed by atoms with Gasteiger partial charge in [0.15, 0.2) is 12.1 Å². The highest BCUT2D eigenvalue weighted by Crippen LogP contribution is 2.07. The molecule has 0 saturated carbocycles. The number of nitrogens with zero attached hydrogens (tertiary/aromatic N) is 2. The Morgan fingerprint density at radius 3 is 2.67 bits per heavy atom. The fourth-order valence-electron chi connectivity index (χ4n) is 0.952. The molecule has 0 bridgehead atoms. The summed E-state index contributed by atoms with van der Waals surface area (Å²) >= 11 is 0. The van der Waals surface area contributed by atoms with Gasteiger partial charge in [-0.3, -0.25) is 14.9 Å². The van der Waals surface area contributed by atoms with E-state index in [0.29, 0.717) is 6.29 Å². The molecule has 0 fully saturated rings. The molecule has 0 saturated heterocycles. The Morgan fingerprint density at radius 2 is 2.20 bits per heavy atom. The van der Waals surface area contributed by atoms with Gasteiger partial charge in [0.25, 0.3) is 0 Å². The average Bonchev–Trinajstić information content (AvgIpc) is 2.45. The molecule has 8 nitrogen and oxygen atoms in total. The zero-order valence-electron chi connectivity index (χ0n) is 7.38. The standard InChI is InChI=1S/C7H7N3O5/c11-3-4-1-5(8-7(14)15)9-10(4)2-6(12)13/h1,3H,2H2,(H,8,9)(H,12,13)(H,14,15). The van der Waals surface area contributed by atoms with Gasteiger partial charge < -0.3 is 10.2 Å². The maximum absolute atomic E-state index is 10.5. The molecule has 8 heteroatoms. The van der Waals surface area contributed by atoms with Gasteiger partial charge in [-0.15, -0.1) is 0 Å². The number of nitrogens with one attached hydrogen (secondary N) is 1. The molecule has 1 aromatic rings. The van der Waals surface area contributed by atoms with Gasteiger partial charge in [-0.2, -0.15) is 5.10 Å². The van der Waals surface area contributed by atoms with E-state index in [-0.39, 0.29) is 11.5 Å². The molecule has 15 heavy (non-hydrogen) atoms. The fourth-order valence-corrected chi connectivity index (χ4v) is 0.952. The van der Waals surface area contributed by atoms with Crippen LogP contribution in [0.2, 0.25) is 0 Å². The van der Waals surface area contributed by atoms with Crippen LogP contribution in [0.15, 0.2) is 6.07 Å². The molecule has 80 valence electrons. The summed E-state index contributed by atoms with van der Waals surface area (Å²) < 4.78 is 0.889. The minimum absolute atomic E-state index is 0.0128. The molecule has 0 radical (unpaired) electrons. The van der Waals surface area contributed by atoms with Crippen molar-refractivity contribution in [2.75, 3.05) is 5.32 Å². The number of aromatic nitrogens is 2. The lowest BCUT2D eigenvalue weighted by Gasteiger charge is -1.97. The van der Waals surface area contributed by atoms with Crippen molar-refractivity contribution in [1.29, 1.82) is 0 Å². The second-order valence-electron chi connectivity index (χ2n) is 2.55. The summed E-state index contributed by atoms with van der Waals surface area (Å²) in [6, 6.07) is 1.14. The Kier molecular flexibility index (Phi) is 3.01. The van der Waals surface area contributed by atoms with E-state index in [0.717, 1.165) is 10.7 Å². The normalized spacial score (nSPS) is 9.60. The number of hydrogen-bond acceptors (Lipinski definition) is 4. The zero-order valence-corrected chi connectivity index (χ0v) is 7.38. The highest BCUT2D eigenvalue weighted by atomic mass is 16.4. The minimum atomic E-state index is -1.34. The third-order valence-corrected chi connectivity index (χ3v) is 1.45. The molecule has 0 unspecified atom stereocenters. The van der Waals surface area contributed by atoms with Crippen LogP contribution in [0.5, 0.6) is 0 Å². The number of carboxylic acid groups (broad SMARTS) is 2. The number of amides is 1. The van der Waals surface area contributed by atoms with E-state index in [1.807, 2.05) is 5.32 Å². The van der Waals surface area contributed by atoms with Gasteiger partial charge in [0.1, 0.15) is 12.2 Å². The van der Waals surface area contributed by atoms with E-state index in [1.54, 1.807) is 0 Å². The maximum atomic E-state index is 10.5. The smallest absolute Gasteiger partial charge is 0.410 e. The summed E-state index contributed by atoms with van der Waals surface area (Å²) in [4.78, 5) is 31.1. The van der Waals surface area contributed by atoms with E-state index < -0.39 is 18.6 Å². The van der Waals surface area contributed by atoms with Crippen molar-refractivity contribution >= 4 is 24.2 Å². The van der Waals surface area contributed by atoms with Crippen LogP contribution in [-0.4, -0.2) is 38.3 Å². The van der Waals surface area contributed by atoms with Gasteiger partial charge >= 0.3 is 12.1 Å². The third kappa shape index (κ3) is 2.79. The maximum Gasteiger partial charge on any atom is 0.410 e. The van der Waals surface area contributed by atoms with Gasteiger partial charge in [0.2, 0.25) is 0 Å². The lowest BCUT2D eigenvalue weighted by atomic mass is 10.4. The molecule has 1 aromatic heterocycles.